The predicted octanol–water partition coefficient (Wildman–Crippen LogP) is 2.87. The quantitative estimate of drug-likeness (QED) is 0.885. The van der Waals surface area contributed by atoms with Gasteiger partial charge in [0.1, 0.15) is 0 Å². The Hall–Kier alpha value is -1.55. The van der Waals surface area contributed by atoms with Gasteiger partial charge in [-0.3, -0.25) is 4.79 Å². The van der Waals surface area contributed by atoms with E-state index < -0.39 is 12.0 Å². The van der Waals surface area contributed by atoms with Crippen LogP contribution in [0.4, 0.5) is 4.79 Å². The lowest BCUT2D eigenvalue weighted by molar-refractivity contribution is 0.0742. The summed E-state index contributed by atoms with van der Waals surface area (Å²) in [5, 5.41) is 9.15. The minimum Gasteiger partial charge on any atom is -0.465 e. The molecule has 0 fully saturated rings. The zero-order valence-corrected chi connectivity index (χ0v) is 9.57. The second-order valence-electron chi connectivity index (χ2n) is 3.22. The van der Waals surface area contributed by atoms with Gasteiger partial charge in [-0.2, -0.15) is 0 Å². The number of hydrogen-bond donors (Lipinski definition) is 1. The number of carbonyl (C=O) groups is 2. The van der Waals surface area contributed by atoms with E-state index in [2.05, 4.69) is 0 Å². The van der Waals surface area contributed by atoms with Crippen molar-refractivity contribution in [3.8, 4) is 0 Å². The number of imide groups is 1. The van der Waals surface area contributed by atoms with Crippen LogP contribution in [0.1, 0.15) is 23.7 Å². The molecule has 1 rings (SSSR count). The molecule has 0 aromatic heterocycles. The number of halogens is 1. The van der Waals surface area contributed by atoms with Crippen LogP contribution in [0.2, 0.25) is 5.02 Å². The van der Waals surface area contributed by atoms with Crippen LogP contribution in [0.25, 0.3) is 0 Å². The third-order valence-corrected chi connectivity index (χ3v) is 2.36. The normalized spacial score (nSPS) is 9.88. The molecule has 1 aromatic carbocycles. The largest absolute Gasteiger partial charge is 0.465 e. The van der Waals surface area contributed by atoms with E-state index in [0.29, 0.717) is 6.42 Å². The molecule has 86 valence electrons. The van der Waals surface area contributed by atoms with Gasteiger partial charge in [-0.25, -0.2) is 9.69 Å². The molecule has 1 aromatic rings. The van der Waals surface area contributed by atoms with Crippen molar-refractivity contribution in [3.05, 3.63) is 34.9 Å². The molecule has 0 saturated carbocycles. The van der Waals surface area contributed by atoms with Crippen LogP contribution >= 0.6 is 11.6 Å². The highest BCUT2D eigenvalue weighted by Gasteiger charge is 2.22. The number of rotatable bonds is 3. The van der Waals surface area contributed by atoms with Crippen molar-refractivity contribution in [3.63, 3.8) is 0 Å². The molecule has 2 amide bonds. The molecular formula is C11H12ClNO3. The third-order valence-electron chi connectivity index (χ3n) is 2.03. The molecule has 0 spiro atoms. The van der Waals surface area contributed by atoms with Crippen LogP contribution in [0, 0.1) is 0 Å². The second kappa shape index (κ2) is 5.51. The first-order valence-electron chi connectivity index (χ1n) is 4.87. The van der Waals surface area contributed by atoms with Crippen LogP contribution in [0.15, 0.2) is 24.3 Å². The predicted molar refractivity (Wildman–Crippen MR) is 60.8 cm³/mol. The number of nitrogens with zero attached hydrogens (tertiary/aromatic N) is 1. The van der Waals surface area contributed by atoms with Crippen LogP contribution in [-0.2, 0) is 0 Å². The number of hydrogen-bond acceptors (Lipinski definition) is 2. The van der Waals surface area contributed by atoms with Crippen LogP contribution in [0.3, 0.4) is 0 Å². The van der Waals surface area contributed by atoms with Crippen molar-refractivity contribution in [1.82, 2.24) is 4.90 Å². The van der Waals surface area contributed by atoms with Crippen molar-refractivity contribution in [2.24, 2.45) is 0 Å². The van der Waals surface area contributed by atoms with Gasteiger partial charge in [-0.15, -0.1) is 0 Å². The maximum Gasteiger partial charge on any atom is 0.414 e. The lowest BCUT2D eigenvalue weighted by atomic mass is 10.2. The van der Waals surface area contributed by atoms with Gasteiger partial charge in [-0.1, -0.05) is 30.7 Å². The zero-order chi connectivity index (χ0) is 12.1. The first-order chi connectivity index (χ1) is 7.57. The fraction of sp³-hybridized carbons (Fsp3) is 0.273. The highest BCUT2D eigenvalue weighted by Crippen LogP contribution is 2.17. The van der Waals surface area contributed by atoms with Gasteiger partial charge in [0.15, 0.2) is 0 Å². The highest BCUT2D eigenvalue weighted by atomic mass is 35.5. The van der Waals surface area contributed by atoms with E-state index in [1.807, 2.05) is 0 Å². The van der Waals surface area contributed by atoms with Crippen molar-refractivity contribution in [2.45, 2.75) is 13.3 Å². The molecule has 4 nitrogen and oxygen atoms in total. The Balaban J connectivity index is 2.99. The molecule has 16 heavy (non-hydrogen) atoms. The summed E-state index contributed by atoms with van der Waals surface area (Å²) < 4.78 is 0. The van der Waals surface area contributed by atoms with Gasteiger partial charge in [0.05, 0.1) is 10.6 Å². The molecule has 0 aliphatic carbocycles. The molecule has 0 aliphatic rings. The van der Waals surface area contributed by atoms with Crippen LogP contribution < -0.4 is 0 Å². The van der Waals surface area contributed by atoms with E-state index in [1.165, 1.54) is 6.07 Å². The van der Waals surface area contributed by atoms with E-state index in [1.54, 1.807) is 25.1 Å². The molecule has 5 heteroatoms. The molecule has 0 heterocycles. The van der Waals surface area contributed by atoms with Crippen LogP contribution in [-0.4, -0.2) is 28.6 Å². The van der Waals surface area contributed by atoms with Crippen molar-refractivity contribution in [2.75, 3.05) is 6.54 Å². The number of amides is 2. The lowest BCUT2D eigenvalue weighted by Gasteiger charge is -2.16. The first-order valence-corrected chi connectivity index (χ1v) is 5.25. The van der Waals surface area contributed by atoms with E-state index in [0.717, 1.165) is 4.90 Å². The van der Waals surface area contributed by atoms with Crippen molar-refractivity contribution in [1.29, 1.82) is 0 Å². The van der Waals surface area contributed by atoms with Gasteiger partial charge in [-0.05, 0) is 18.6 Å². The average molecular weight is 242 g/mol. The monoisotopic (exact) mass is 241 g/mol. The summed E-state index contributed by atoms with van der Waals surface area (Å²) in [7, 11) is 0. The topological polar surface area (TPSA) is 57.6 Å². The Morgan fingerprint density at radius 2 is 2.00 bits per heavy atom. The molecule has 0 bridgehead atoms. The molecule has 0 saturated heterocycles. The van der Waals surface area contributed by atoms with E-state index >= 15 is 0 Å². The van der Waals surface area contributed by atoms with E-state index in [-0.39, 0.29) is 17.1 Å². The Bertz CT molecular complexity index is 406. The molecule has 0 aliphatic heterocycles. The van der Waals surface area contributed by atoms with Gasteiger partial charge >= 0.3 is 6.09 Å². The number of carboxylic acid groups (broad SMARTS) is 1. The summed E-state index contributed by atoms with van der Waals surface area (Å²) in [4.78, 5) is 23.5. The maximum absolute atomic E-state index is 11.9. The third kappa shape index (κ3) is 2.73. The van der Waals surface area contributed by atoms with Gasteiger partial charge < -0.3 is 5.11 Å². The molecular weight excluding hydrogens is 230 g/mol. The number of carbonyl (C=O) groups excluding carboxylic acids is 1. The fourth-order valence-corrected chi connectivity index (χ4v) is 1.50. The standard InChI is InChI=1S/C11H12ClNO3/c1-2-7-13(11(15)16)10(14)8-5-3-4-6-9(8)12/h3-6H,2,7H2,1H3,(H,15,16). The van der Waals surface area contributed by atoms with Crippen LogP contribution in [0.5, 0.6) is 0 Å². The summed E-state index contributed by atoms with van der Waals surface area (Å²) in [5.41, 5.74) is 0.208. The molecule has 1 N–H and O–H groups in total. The van der Waals surface area contributed by atoms with Gasteiger partial charge in [0.2, 0.25) is 0 Å². The Morgan fingerprint density at radius 3 is 2.50 bits per heavy atom. The first kappa shape index (κ1) is 12.5. The van der Waals surface area contributed by atoms with Gasteiger partial charge in [0.25, 0.3) is 5.91 Å². The summed E-state index contributed by atoms with van der Waals surface area (Å²) in [6, 6.07) is 6.40. The molecule has 0 unspecified atom stereocenters. The number of benzene rings is 1. The Morgan fingerprint density at radius 1 is 1.38 bits per heavy atom. The van der Waals surface area contributed by atoms with E-state index in [4.69, 9.17) is 16.7 Å². The SMILES string of the molecule is CCCN(C(=O)O)C(=O)c1ccccc1Cl. The Kier molecular flexibility index (Phi) is 4.31. The maximum atomic E-state index is 11.9. The highest BCUT2D eigenvalue weighted by molar-refractivity contribution is 6.34. The minimum atomic E-state index is -1.26. The van der Waals surface area contributed by atoms with Gasteiger partial charge in [0, 0.05) is 6.54 Å². The summed E-state index contributed by atoms with van der Waals surface area (Å²) in [5.74, 6) is -0.583. The summed E-state index contributed by atoms with van der Waals surface area (Å²) in [6.45, 7) is 1.97. The zero-order valence-electron chi connectivity index (χ0n) is 8.81. The van der Waals surface area contributed by atoms with Crippen molar-refractivity contribution >= 4 is 23.6 Å². The summed E-state index contributed by atoms with van der Waals surface area (Å²) in [6.07, 6.45) is -0.686. The molecule has 0 atom stereocenters. The average Bonchev–Trinajstić information content (AvgIpc) is 2.25. The van der Waals surface area contributed by atoms with E-state index in [9.17, 15) is 9.59 Å². The minimum absolute atomic E-state index is 0.166. The second-order valence-corrected chi connectivity index (χ2v) is 3.63. The Labute approximate surface area is 98.4 Å². The summed E-state index contributed by atoms with van der Waals surface area (Å²) >= 11 is 5.83. The molecule has 0 radical (unpaired) electrons. The smallest absolute Gasteiger partial charge is 0.414 e. The van der Waals surface area contributed by atoms with Crippen molar-refractivity contribution < 1.29 is 14.7 Å². The fourth-order valence-electron chi connectivity index (χ4n) is 1.29. The lowest BCUT2D eigenvalue weighted by Crippen LogP contribution is -2.36.